The predicted octanol–water partition coefficient (Wildman–Crippen LogP) is 2.22. The molecule has 1 aromatic rings. The van der Waals surface area contributed by atoms with Crippen LogP contribution in [0.25, 0.3) is 0 Å². The third kappa shape index (κ3) is 1.86. The van der Waals surface area contributed by atoms with Gasteiger partial charge in [-0.3, -0.25) is 0 Å². The Kier molecular flexibility index (Phi) is 2.08. The van der Waals surface area contributed by atoms with Crippen molar-refractivity contribution in [3.63, 3.8) is 0 Å². The number of hydrogen-bond donors (Lipinski definition) is 2. The summed E-state index contributed by atoms with van der Waals surface area (Å²) in [6.07, 6.45) is 2.37. The Bertz CT molecular complexity index is 332. The highest BCUT2D eigenvalue weighted by atomic mass is 79.9. The van der Waals surface area contributed by atoms with Crippen molar-refractivity contribution in [2.75, 3.05) is 0 Å². The SMILES string of the molecule is Oc1cccc(CC2(O)CC2)c1Br. The summed E-state index contributed by atoms with van der Waals surface area (Å²) < 4.78 is 0.704. The summed E-state index contributed by atoms with van der Waals surface area (Å²) >= 11 is 3.30. The third-order valence-corrected chi connectivity index (χ3v) is 3.32. The van der Waals surface area contributed by atoms with Gasteiger partial charge in [-0.05, 0) is 40.4 Å². The highest BCUT2D eigenvalue weighted by molar-refractivity contribution is 9.10. The molecule has 1 aliphatic carbocycles. The van der Waals surface area contributed by atoms with Crippen LogP contribution in [0.4, 0.5) is 0 Å². The second kappa shape index (κ2) is 3.00. The molecule has 0 aliphatic heterocycles. The second-order valence-electron chi connectivity index (χ2n) is 3.65. The van der Waals surface area contributed by atoms with Gasteiger partial charge in [-0.1, -0.05) is 12.1 Å². The van der Waals surface area contributed by atoms with Gasteiger partial charge in [-0.25, -0.2) is 0 Å². The minimum atomic E-state index is -0.504. The molecule has 1 aliphatic rings. The molecule has 2 N–H and O–H groups in total. The molecule has 1 fully saturated rings. The van der Waals surface area contributed by atoms with Crippen molar-refractivity contribution in [3.8, 4) is 5.75 Å². The quantitative estimate of drug-likeness (QED) is 0.836. The lowest BCUT2D eigenvalue weighted by Gasteiger charge is -2.09. The predicted molar refractivity (Wildman–Crippen MR) is 53.7 cm³/mol. The number of hydrogen-bond acceptors (Lipinski definition) is 2. The summed E-state index contributed by atoms with van der Waals surface area (Å²) in [6.45, 7) is 0. The Hall–Kier alpha value is -0.540. The Morgan fingerprint density at radius 2 is 2.08 bits per heavy atom. The van der Waals surface area contributed by atoms with Gasteiger partial charge in [-0.15, -0.1) is 0 Å². The molecule has 0 spiro atoms. The molecule has 0 saturated heterocycles. The fraction of sp³-hybridized carbons (Fsp3) is 0.400. The van der Waals surface area contributed by atoms with Crippen LogP contribution in [-0.4, -0.2) is 15.8 Å². The van der Waals surface area contributed by atoms with Gasteiger partial charge in [0.2, 0.25) is 0 Å². The molecular weight excluding hydrogens is 232 g/mol. The van der Waals surface area contributed by atoms with Crippen molar-refractivity contribution < 1.29 is 10.2 Å². The van der Waals surface area contributed by atoms with Gasteiger partial charge in [0.15, 0.2) is 0 Å². The second-order valence-corrected chi connectivity index (χ2v) is 4.44. The lowest BCUT2D eigenvalue weighted by atomic mass is 10.1. The summed E-state index contributed by atoms with van der Waals surface area (Å²) in [5, 5.41) is 19.1. The van der Waals surface area contributed by atoms with Crippen LogP contribution < -0.4 is 0 Å². The van der Waals surface area contributed by atoms with E-state index in [4.69, 9.17) is 0 Å². The number of halogens is 1. The van der Waals surface area contributed by atoms with Crippen LogP contribution in [0.2, 0.25) is 0 Å². The number of phenols is 1. The largest absolute Gasteiger partial charge is 0.507 e. The molecule has 0 heterocycles. The van der Waals surface area contributed by atoms with Gasteiger partial charge in [0.1, 0.15) is 5.75 Å². The molecule has 2 rings (SSSR count). The smallest absolute Gasteiger partial charge is 0.130 e. The number of phenolic OH excluding ortho intramolecular Hbond substituents is 1. The first-order valence-corrected chi connectivity index (χ1v) is 5.09. The van der Waals surface area contributed by atoms with Crippen LogP contribution in [0.5, 0.6) is 5.75 Å². The minimum absolute atomic E-state index is 0.238. The molecule has 0 radical (unpaired) electrons. The monoisotopic (exact) mass is 242 g/mol. The molecule has 1 saturated carbocycles. The van der Waals surface area contributed by atoms with Crippen molar-refractivity contribution in [1.29, 1.82) is 0 Å². The fourth-order valence-corrected chi connectivity index (χ4v) is 1.78. The average molecular weight is 243 g/mol. The Labute approximate surface area is 85.3 Å². The van der Waals surface area contributed by atoms with Crippen LogP contribution >= 0.6 is 15.9 Å². The molecule has 3 heteroatoms. The van der Waals surface area contributed by atoms with Gasteiger partial charge in [-0.2, -0.15) is 0 Å². The maximum absolute atomic E-state index is 9.70. The number of rotatable bonds is 2. The van der Waals surface area contributed by atoms with E-state index in [-0.39, 0.29) is 5.75 Å². The molecule has 0 amide bonds. The molecule has 70 valence electrons. The zero-order valence-corrected chi connectivity index (χ0v) is 8.71. The first kappa shape index (κ1) is 9.03. The van der Waals surface area contributed by atoms with Gasteiger partial charge < -0.3 is 10.2 Å². The summed E-state index contributed by atoms with van der Waals surface area (Å²) in [7, 11) is 0. The van der Waals surface area contributed by atoms with Gasteiger partial charge >= 0.3 is 0 Å². The lowest BCUT2D eigenvalue weighted by molar-refractivity contribution is 0.150. The molecular formula is C10H11BrO2. The minimum Gasteiger partial charge on any atom is -0.507 e. The first-order chi connectivity index (χ1) is 6.11. The first-order valence-electron chi connectivity index (χ1n) is 4.29. The normalized spacial score (nSPS) is 18.6. The van der Waals surface area contributed by atoms with Gasteiger partial charge in [0, 0.05) is 6.42 Å². The Morgan fingerprint density at radius 3 is 2.69 bits per heavy atom. The fourth-order valence-electron chi connectivity index (χ4n) is 1.38. The number of aromatic hydroxyl groups is 1. The molecule has 0 atom stereocenters. The summed E-state index contributed by atoms with van der Waals surface area (Å²) in [5.41, 5.74) is 0.469. The highest BCUT2D eigenvalue weighted by Gasteiger charge is 2.40. The topological polar surface area (TPSA) is 40.5 Å². The number of aliphatic hydroxyl groups is 1. The molecule has 2 nitrogen and oxygen atoms in total. The van der Waals surface area contributed by atoms with Gasteiger partial charge in [0.05, 0.1) is 10.1 Å². The van der Waals surface area contributed by atoms with Crippen LogP contribution in [0.3, 0.4) is 0 Å². The van der Waals surface area contributed by atoms with Crippen LogP contribution in [0, 0.1) is 0 Å². The number of benzene rings is 1. The molecule has 13 heavy (non-hydrogen) atoms. The van der Waals surface area contributed by atoms with Crippen LogP contribution in [-0.2, 0) is 6.42 Å². The zero-order chi connectivity index (χ0) is 9.47. The van der Waals surface area contributed by atoms with Crippen molar-refractivity contribution in [2.24, 2.45) is 0 Å². The summed E-state index contributed by atoms with van der Waals surface area (Å²) in [4.78, 5) is 0. The maximum atomic E-state index is 9.70. The van der Waals surface area contributed by atoms with E-state index in [0.29, 0.717) is 10.9 Å². The van der Waals surface area contributed by atoms with E-state index in [0.717, 1.165) is 18.4 Å². The molecule has 0 unspecified atom stereocenters. The molecule has 1 aromatic carbocycles. The van der Waals surface area contributed by atoms with Crippen LogP contribution in [0.15, 0.2) is 22.7 Å². The van der Waals surface area contributed by atoms with Crippen LogP contribution in [0.1, 0.15) is 18.4 Å². The summed E-state index contributed by atoms with van der Waals surface area (Å²) in [5.74, 6) is 0.238. The van der Waals surface area contributed by atoms with E-state index >= 15 is 0 Å². The van der Waals surface area contributed by atoms with Crippen molar-refractivity contribution in [3.05, 3.63) is 28.2 Å². The Balaban J connectivity index is 2.25. The van der Waals surface area contributed by atoms with Crippen molar-refractivity contribution in [2.45, 2.75) is 24.9 Å². The van der Waals surface area contributed by atoms with E-state index in [2.05, 4.69) is 15.9 Å². The molecule has 0 aromatic heterocycles. The van der Waals surface area contributed by atoms with E-state index in [9.17, 15) is 10.2 Å². The summed E-state index contributed by atoms with van der Waals surface area (Å²) in [6, 6.07) is 5.34. The maximum Gasteiger partial charge on any atom is 0.130 e. The standard InChI is InChI=1S/C10H11BrO2/c11-9-7(2-1-3-8(9)12)6-10(13)4-5-10/h1-3,12-13H,4-6H2. The van der Waals surface area contributed by atoms with E-state index < -0.39 is 5.60 Å². The lowest BCUT2D eigenvalue weighted by Crippen LogP contribution is -2.10. The Morgan fingerprint density at radius 1 is 1.38 bits per heavy atom. The third-order valence-electron chi connectivity index (χ3n) is 2.40. The average Bonchev–Trinajstić information content (AvgIpc) is 2.78. The van der Waals surface area contributed by atoms with Gasteiger partial charge in [0.25, 0.3) is 0 Å². The van der Waals surface area contributed by atoms with E-state index in [1.807, 2.05) is 6.07 Å². The van der Waals surface area contributed by atoms with E-state index in [1.165, 1.54) is 0 Å². The van der Waals surface area contributed by atoms with Crippen molar-refractivity contribution >= 4 is 15.9 Å². The van der Waals surface area contributed by atoms with E-state index in [1.54, 1.807) is 12.1 Å². The zero-order valence-electron chi connectivity index (χ0n) is 7.13. The molecule has 0 bridgehead atoms. The highest BCUT2D eigenvalue weighted by Crippen LogP contribution is 2.40. The van der Waals surface area contributed by atoms with Crippen molar-refractivity contribution in [1.82, 2.24) is 0 Å².